The molecule has 3 nitrogen and oxygen atoms in total. The second-order valence-corrected chi connectivity index (χ2v) is 8.60. The predicted octanol–water partition coefficient (Wildman–Crippen LogP) is 6.33. The van der Waals surface area contributed by atoms with E-state index in [2.05, 4.69) is 19.9 Å². The Labute approximate surface area is 158 Å². The van der Waals surface area contributed by atoms with Crippen molar-refractivity contribution in [3.8, 4) is 0 Å². The van der Waals surface area contributed by atoms with Gasteiger partial charge >= 0.3 is 0 Å². The van der Waals surface area contributed by atoms with Crippen LogP contribution in [0, 0.1) is 0 Å². The van der Waals surface area contributed by atoms with E-state index in [9.17, 15) is 13.0 Å². The Morgan fingerprint density at radius 3 is 2.08 bits per heavy atom. The van der Waals surface area contributed by atoms with Crippen molar-refractivity contribution in [2.45, 2.75) is 83.0 Å². The molecule has 0 unspecified atom stereocenters. The van der Waals surface area contributed by atoms with Crippen LogP contribution in [0.3, 0.4) is 0 Å². The number of fused-ring (bicyclic) bond motifs is 1. The van der Waals surface area contributed by atoms with Gasteiger partial charge < -0.3 is 0 Å². The number of hydrogen-bond acceptors (Lipinski definition) is 2. The van der Waals surface area contributed by atoms with E-state index in [0.29, 0.717) is 0 Å². The number of aryl methyl sites for hydroxylation is 2. The van der Waals surface area contributed by atoms with Gasteiger partial charge in [0.1, 0.15) is 0 Å². The molecular weight excluding hydrogens is 344 g/mol. The number of rotatable bonds is 11. The molecule has 0 amide bonds. The van der Waals surface area contributed by atoms with Crippen molar-refractivity contribution in [3.63, 3.8) is 0 Å². The number of hydrogen-bond donors (Lipinski definition) is 1. The molecule has 144 valence electrons. The number of benzene rings is 2. The molecule has 0 fully saturated rings. The molecule has 0 radical (unpaired) electrons. The van der Waals surface area contributed by atoms with Gasteiger partial charge in [0.2, 0.25) is 0 Å². The van der Waals surface area contributed by atoms with Crippen molar-refractivity contribution in [2.24, 2.45) is 0 Å². The Morgan fingerprint density at radius 2 is 1.46 bits per heavy atom. The zero-order chi connectivity index (χ0) is 19.0. The summed E-state index contributed by atoms with van der Waals surface area (Å²) in [4.78, 5) is -0.0300. The van der Waals surface area contributed by atoms with Crippen molar-refractivity contribution in [3.05, 3.63) is 41.5 Å². The Balaban J connectivity index is 2.32. The van der Waals surface area contributed by atoms with Crippen LogP contribution >= 0.6 is 0 Å². The van der Waals surface area contributed by atoms with Crippen LogP contribution in [0.15, 0.2) is 35.2 Å². The molecule has 1 N–H and O–H groups in total. The van der Waals surface area contributed by atoms with Crippen LogP contribution in [0.25, 0.3) is 10.8 Å². The highest BCUT2D eigenvalue weighted by Crippen LogP contribution is 2.28. The van der Waals surface area contributed by atoms with Gasteiger partial charge in [-0.25, -0.2) is 0 Å². The first kappa shape index (κ1) is 20.9. The molecule has 2 rings (SSSR count). The summed E-state index contributed by atoms with van der Waals surface area (Å²) in [5, 5.41) is 2.02. The molecule has 0 aliphatic heterocycles. The van der Waals surface area contributed by atoms with Crippen molar-refractivity contribution in [2.75, 3.05) is 0 Å². The molecule has 0 bridgehead atoms. The van der Waals surface area contributed by atoms with Gasteiger partial charge in [0, 0.05) is 0 Å². The van der Waals surface area contributed by atoms with Crippen molar-refractivity contribution >= 4 is 20.9 Å². The van der Waals surface area contributed by atoms with Gasteiger partial charge in [-0.1, -0.05) is 70.6 Å². The van der Waals surface area contributed by atoms with Gasteiger partial charge in [-0.15, -0.1) is 0 Å². The van der Waals surface area contributed by atoms with Crippen molar-refractivity contribution in [1.29, 1.82) is 0 Å². The first-order valence-electron chi connectivity index (χ1n) is 9.99. The Hall–Kier alpha value is -1.39. The minimum absolute atomic E-state index is 0.0300. The minimum Gasteiger partial charge on any atom is -0.282 e. The summed E-state index contributed by atoms with van der Waals surface area (Å²) in [6.45, 7) is 4.44. The van der Waals surface area contributed by atoms with Crippen LogP contribution in [0.5, 0.6) is 0 Å². The fourth-order valence-electron chi connectivity index (χ4n) is 3.58. The molecule has 0 heterocycles. The van der Waals surface area contributed by atoms with Crippen LogP contribution in [-0.4, -0.2) is 13.0 Å². The second kappa shape index (κ2) is 10.1. The number of unbranched alkanes of at least 4 members (excludes halogenated alkanes) is 6. The highest BCUT2D eigenvalue weighted by Gasteiger charge is 2.13. The third kappa shape index (κ3) is 5.82. The lowest BCUT2D eigenvalue weighted by molar-refractivity contribution is 0.483. The lowest BCUT2D eigenvalue weighted by Crippen LogP contribution is -2.00. The van der Waals surface area contributed by atoms with E-state index in [1.54, 1.807) is 6.07 Å². The average molecular weight is 377 g/mol. The van der Waals surface area contributed by atoms with Gasteiger partial charge in [-0.05, 0) is 59.7 Å². The monoisotopic (exact) mass is 376 g/mol. The van der Waals surface area contributed by atoms with Crippen molar-refractivity contribution < 1.29 is 13.0 Å². The summed E-state index contributed by atoms with van der Waals surface area (Å²) < 4.78 is 32.2. The smallest absolute Gasteiger partial charge is 0.282 e. The highest BCUT2D eigenvalue weighted by atomic mass is 32.2. The van der Waals surface area contributed by atoms with Crippen LogP contribution in [0.2, 0.25) is 0 Å². The quantitative estimate of drug-likeness (QED) is 0.368. The van der Waals surface area contributed by atoms with E-state index in [0.717, 1.165) is 30.0 Å². The maximum Gasteiger partial charge on any atom is 0.294 e. The topological polar surface area (TPSA) is 54.4 Å². The molecule has 2 aromatic carbocycles. The highest BCUT2D eigenvalue weighted by molar-refractivity contribution is 7.85. The van der Waals surface area contributed by atoms with Gasteiger partial charge in [0.15, 0.2) is 0 Å². The first-order valence-corrected chi connectivity index (χ1v) is 11.4. The molecule has 0 spiro atoms. The standard InChI is InChI=1S/C22H32O3S/c1-3-5-7-9-11-18-13-14-19-17-20(26(23,24)25)15-16-22(19)21(18)12-10-8-6-4-2/h13-17H,3-12H2,1-2H3,(H,23,24,25). The van der Waals surface area contributed by atoms with E-state index in [4.69, 9.17) is 0 Å². The Bertz CT molecular complexity index is 809. The lowest BCUT2D eigenvalue weighted by atomic mass is 9.92. The Morgan fingerprint density at radius 1 is 0.808 bits per heavy atom. The third-order valence-corrected chi connectivity index (χ3v) is 5.93. The normalized spacial score (nSPS) is 12.0. The SMILES string of the molecule is CCCCCCc1ccc2cc(S(=O)(=O)O)ccc2c1CCCCCC. The fraction of sp³-hybridized carbons (Fsp3) is 0.545. The third-order valence-electron chi connectivity index (χ3n) is 5.08. The Kier molecular flexibility index (Phi) is 8.11. The molecule has 4 heteroatoms. The first-order chi connectivity index (χ1) is 12.5. The molecule has 26 heavy (non-hydrogen) atoms. The van der Waals surface area contributed by atoms with Crippen LogP contribution in [0.1, 0.15) is 76.3 Å². The largest absolute Gasteiger partial charge is 0.294 e. The van der Waals surface area contributed by atoms with Crippen LogP contribution < -0.4 is 0 Å². The summed E-state index contributed by atoms with van der Waals surface area (Å²) in [6.07, 6.45) is 11.9. The lowest BCUT2D eigenvalue weighted by Gasteiger charge is -2.14. The molecule has 0 aromatic heterocycles. The second-order valence-electron chi connectivity index (χ2n) is 7.18. The molecule has 0 aliphatic rings. The predicted molar refractivity (Wildman–Crippen MR) is 109 cm³/mol. The summed E-state index contributed by atoms with van der Waals surface area (Å²) in [5.74, 6) is 0. The van der Waals surface area contributed by atoms with E-state index >= 15 is 0 Å². The summed E-state index contributed by atoms with van der Waals surface area (Å²) in [6, 6.07) is 9.12. The van der Waals surface area contributed by atoms with Gasteiger partial charge in [-0.2, -0.15) is 8.42 Å². The summed E-state index contributed by atoms with van der Waals surface area (Å²) in [7, 11) is -4.16. The molecule has 0 aliphatic carbocycles. The molecule has 0 atom stereocenters. The molecular formula is C22H32O3S. The van der Waals surface area contributed by atoms with E-state index < -0.39 is 10.1 Å². The van der Waals surface area contributed by atoms with Crippen LogP contribution in [-0.2, 0) is 23.0 Å². The summed E-state index contributed by atoms with van der Waals surface area (Å²) in [5.41, 5.74) is 2.75. The molecule has 0 saturated carbocycles. The van der Waals surface area contributed by atoms with E-state index in [1.165, 1.54) is 62.1 Å². The van der Waals surface area contributed by atoms with Gasteiger partial charge in [0.05, 0.1) is 4.90 Å². The summed E-state index contributed by atoms with van der Waals surface area (Å²) >= 11 is 0. The average Bonchev–Trinajstić information content (AvgIpc) is 2.62. The van der Waals surface area contributed by atoms with Gasteiger partial charge in [0.25, 0.3) is 10.1 Å². The molecule has 2 aromatic rings. The van der Waals surface area contributed by atoms with Gasteiger partial charge in [-0.3, -0.25) is 4.55 Å². The van der Waals surface area contributed by atoms with Crippen LogP contribution in [0.4, 0.5) is 0 Å². The van der Waals surface area contributed by atoms with E-state index in [-0.39, 0.29) is 4.90 Å². The fourth-order valence-corrected chi connectivity index (χ4v) is 4.09. The maximum absolute atomic E-state index is 11.4. The van der Waals surface area contributed by atoms with Crippen molar-refractivity contribution in [1.82, 2.24) is 0 Å². The minimum atomic E-state index is -4.16. The molecule has 0 saturated heterocycles. The zero-order valence-corrected chi connectivity index (χ0v) is 16.9. The van der Waals surface area contributed by atoms with E-state index in [1.807, 2.05) is 12.1 Å². The maximum atomic E-state index is 11.4. The zero-order valence-electron chi connectivity index (χ0n) is 16.1.